The summed E-state index contributed by atoms with van der Waals surface area (Å²) in [5.74, 6) is -0.161. The number of ether oxygens (including phenoxy) is 1. The Morgan fingerprint density at radius 2 is 2.15 bits per heavy atom. The Kier molecular flexibility index (Phi) is 7.84. The molecule has 0 aromatic heterocycles. The summed E-state index contributed by atoms with van der Waals surface area (Å²) in [6.45, 7) is 6.11. The summed E-state index contributed by atoms with van der Waals surface area (Å²) in [7, 11) is 0. The number of benzene rings is 1. The highest BCUT2D eigenvalue weighted by molar-refractivity contribution is 14.1. The summed E-state index contributed by atoms with van der Waals surface area (Å²) in [6.07, 6.45) is 1.32. The summed E-state index contributed by atoms with van der Waals surface area (Å²) in [5, 5.41) is 0. The van der Waals surface area contributed by atoms with Gasteiger partial charge in [0.25, 0.3) is 0 Å². The van der Waals surface area contributed by atoms with E-state index < -0.39 is 0 Å². The average molecular weight is 410 g/mol. The molecule has 0 aliphatic rings. The number of halogens is 2. The van der Waals surface area contributed by atoms with E-state index >= 15 is 0 Å². The van der Waals surface area contributed by atoms with Crippen molar-refractivity contribution in [3.63, 3.8) is 0 Å². The first-order valence-corrected chi connectivity index (χ1v) is 8.80. The van der Waals surface area contributed by atoms with Crippen molar-refractivity contribution in [3.05, 3.63) is 29.3 Å². The van der Waals surface area contributed by atoms with Gasteiger partial charge in [-0.15, -0.1) is 11.6 Å². The topological polar surface area (TPSA) is 29.5 Å². The van der Waals surface area contributed by atoms with Crippen molar-refractivity contribution >= 4 is 45.8 Å². The molecule has 20 heavy (non-hydrogen) atoms. The quantitative estimate of drug-likeness (QED) is 0.382. The maximum Gasteiger partial charge on any atom is 0.244 e. The number of para-hydroxylation sites is 1. The first kappa shape index (κ1) is 17.7. The second kappa shape index (κ2) is 8.85. The van der Waals surface area contributed by atoms with Crippen molar-refractivity contribution in [2.45, 2.75) is 39.8 Å². The minimum Gasteiger partial charge on any atom is -0.348 e. The van der Waals surface area contributed by atoms with E-state index in [2.05, 4.69) is 29.5 Å². The van der Waals surface area contributed by atoms with E-state index in [1.807, 2.05) is 32.0 Å². The van der Waals surface area contributed by atoms with Crippen LogP contribution in [0.2, 0.25) is 0 Å². The third-order valence-corrected chi connectivity index (χ3v) is 3.81. The fraction of sp³-hybridized carbons (Fsp3) is 0.533. The molecule has 0 heterocycles. The summed E-state index contributed by atoms with van der Waals surface area (Å²) in [5.41, 5.74) is 3.15. The average Bonchev–Trinajstić information content (AvgIpc) is 2.47. The van der Waals surface area contributed by atoms with Gasteiger partial charge in [0, 0.05) is 0 Å². The number of amides is 1. The molecule has 0 spiro atoms. The molecule has 0 aliphatic carbocycles. The van der Waals surface area contributed by atoms with Crippen LogP contribution >= 0.6 is 34.2 Å². The zero-order chi connectivity index (χ0) is 15.1. The molecule has 0 saturated carbocycles. The molecular weight excluding hydrogens is 389 g/mol. The Balaban J connectivity index is 3.33. The van der Waals surface area contributed by atoms with Crippen LogP contribution < -0.4 is 4.90 Å². The zero-order valence-electron chi connectivity index (χ0n) is 12.2. The molecule has 3 nitrogen and oxygen atoms in total. The second-order valence-corrected chi connectivity index (χ2v) is 5.36. The van der Waals surface area contributed by atoms with E-state index in [0.717, 1.165) is 29.7 Å². The minimum absolute atomic E-state index is 0.0431. The Morgan fingerprint density at radius 1 is 1.45 bits per heavy atom. The highest BCUT2D eigenvalue weighted by Gasteiger charge is 2.26. The molecule has 0 fully saturated rings. The molecule has 0 N–H and O–H groups in total. The molecule has 1 rings (SSSR count). The number of hydrogen-bond acceptors (Lipinski definition) is 2. The van der Waals surface area contributed by atoms with Gasteiger partial charge in [0.2, 0.25) is 5.91 Å². The van der Waals surface area contributed by atoms with E-state index in [1.54, 1.807) is 4.90 Å². The summed E-state index contributed by atoms with van der Waals surface area (Å²) in [6, 6.07) is 6.08. The Labute approximate surface area is 139 Å². The normalized spacial score (nSPS) is 12.2. The van der Waals surface area contributed by atoms with E-state index in [1.165, 1.54) is 0 Å². The molecule has 5 heteroatoms. The van der Waals surface area contributed by atoms with Gasteiger partial charge < -0.3 is 4.74 Å². The van der Waals surface area contributed by atoms with Crippen LogP contribution in [0.3, 0.4) is 0 Å². The molecule has 0 saturated heterocycles. The maximum absolute atomic E-state index is 12.3. The molecule has 112 valence electrons. The lowest BCUT2D eigenvalue weighted by Gasteiger charge is -2.33. The number of carbonyl (C=O) groups excluding carboxylic acids is 1. The third-order valence-electron chi connectivity index (χ3n) is 3.22. The van der Waals surface area contributed by atoms with Crippen LogP contribution in [0.15, 0.2) is 18.2 Å². The van der Waals surface area contributed by atoms with Crippen LogP contribution in [0.5, 0.6) is 0 Å². The Morgan fingerprint density at radius 3 is 2.65 bits per heavy atom. The number of hydrogen-bond donors (Lipinski definition) is 0. The van der Waals surface area contributed by atoms with Gasteiger partial charge >= 0.3 is 0 Å². The van der Waals surface area contributed by atoms with Gasteiger partial charge in [0.05, 0.1) is 5.69 Å². The number of anilines is 1. The monoisotopic (exact) mass is 409 g/mol. The van der Waals surface area contributed by atoms with Gasteiger partial charge in [-0.05, 0) is 30.9 Å². The van der Waals surface area contributed by atoms with Crippen LogP contribution in [-0.2, 0) is 16.0 Å². The van der Waals surface area contributed by atoms with Gasteiger partial charge in [0.1, 0.15) is 16.7 Å². The Hall–Kier alpha value is -0.330. The molecule has 1 unspecified atom stereocenters. The summed E-state index contributed by atoms with van der Waals surface area (Å²) >= 11 is 7.94. The van der Waals surface area contributed by atoms with Gasteiger partial charge in [-0.1, -0.05) is 54.6 Å². The van der Waals surface area contributed by atoms with Gasteiger partial charge in [-0.25, -0.2) is 0 Å². The Bertz CT molecular complexity index is 453. The predicted molar refractivity (Wildman–Crippen MR) is 92.8 cm³/mol. The van der Waals surface area contributed by atoms with Crippen LogP contribution in [-0.4, -0.2) is 22.6 Å². The van der Waals surface area contributed by atoms with Crippen LogP contribution in [0.4, 0.5) is 5.69 Å². The second-order valence-electron chi connectivity index (χ2n) is 4.47. The van der Waals surface area contributed by atoms with E-state index in [9.17, 15) is 4.79 Å². The van der Waals surface area contributed by atoms with Crippen molar-refractivity contribution in [3.8, 4) is 0 Å². The van der Waals surface area contributed by atoms with Crippen molar-refractivity contribution in [2.24, 2.45) is 0 Å². The maximum atomic E-state index is 12.3. The molecule has 1 amide bonds. The number of aryl methyl sites for hydroxylation is 2. The number of alkyl halides is 2. The minimum atomic E-state index is -0.274. The lowest BCUT2D eigenvalue weighted by molar-refractivity contribution is -0.118. The molecule has 1 atom stereocenters. The summed E-state index contributed by atoms with van der Waals surface area (Å²) < 4.78 is 6.26. The number of carbonyl (C=O) groups is 1. The standard InChI is InChI=1S/C15H21ClINO2/c1-4-12-8-6-7-11(3)15(12)18(13(19)9-16)14(5-2)20-10-17/h6-8,14H,4-5,9-10H2,1-3H3. The fourth-order valence-electron chi connectivity index (χ4n) is 2.29. The van der Waals surface area contributed by atoms with Gasteiger partial charge in [-0.3, -0.25) is 9.69 Å². The van der Waals surface area contributed by atoms with Crippen LogP contribution in [0.25, 0.3) is 0 Å². The SMILES string of the molecule is CCc1cccc(C)c1N(C(=O)CCl)C(CC)OCI. The zero-order valence-corrected chi connectivity index (χ0v) is 15.1. The highest BCUT2D eigenvalue weighted by atomic mass is 127. The molecule has 1 aromatic carbocycles. The smallest absolute Gasteiger partial charge is 0.244 e. The van der Waals surface area contributed by atoms with Gasteiger partial charge in [-0.2, -0.15) is 0 Å². The van der Waals surface area contributed by atoms with Crippen molar-refractivity contribution < 1.29 is 9.53 Å². The molecular formula is C15H21ClINO2. The van der Waals surface area contributed by atoms with E-state index in [0.29, 0.717) is 4.61 Å². The molecule has 0 aliphatic heterocycles. The lowest BCUT2D eigenvalue weighted by atomic mass is 10.0. The first-order valence-electron chi connectivity index (χ1n) is 6.74. The van der Waals surface area contributed by atoms with E-state index in [4.69, 9.17) is 16.3 Å². The summed E-state index contributed by atoms with van der Waals surface area (Å²) in [4.78, 5) is 14.0. The molecule has 1 aromatic rings. The lowest BCUT2D eigenvalue weighted by Crippen LogP contribution is -2.43. The van der Waals surface area contributed by atoms with Gasteiger partial charge in [0.15, 0.2) is 0 Å². The molecule has 0 radical (unpaired) electrons. The van der Waals surface area contributed by atoms with Crippen LogP contribution in [0, 0.1) is 6.92 Å². The number of rotatable bonds is 7. The van der Waals surface area contributed by atoms with E-state index in [-0.39, 0.29) is 18.0 Å². The fourth-order valence-corrected chi connectivity index (χ4v) is 2.83. The van der Waals surface area contributed by atoms with Crippen molar-refractivity contribution in [1.82, 2.24) is 0 Å². The largest absolute Gasteiger partial charge is 0.348 e. The van der Waals surface area contributed by atoms with Crippen molar-refractivity contribution in [1.29, 1.82) is 0 Å². The highest BCUT2D eigenvalue weighted by Crippen LogP contribution is 2.29. The van der Waals surface area contributed by atoms with Crippen molar-refractivity contribution in [2.75, 3.05) is 15.4 Å². The predicted octanol–water partition coefficient (Wildman–Crippen LogP) is 4.27. The van der Waals surface area contributed by atoms with Crippen LogP contribution in [0.1, 0.15) is 31.4 Å². The molecule has 0 bridgehead atoms. The third kappa shape index (κ3) is 4.09. The number of nitrogens with zero attached hydrogens (tertiary/aromatic N) is 1. The first-order chi connectivity index (χ1) is 9.60.